The lowest BCUT2D eigenvalue weighted by Crippen LogP contribution is -2.11. The van der Waals surface area contributed by atoms with E-state index in [2.05, 4.69) is 20.7 Å². The molecule has 96 valence electrons. The number of hydrogen-bond donors (Lipinski definition) is 2. The molecule has 0 saturated carbocycles. The van der Waals surface area contributed by atoms with Crippen molar-refractivity contribution < 1.29 is 8.42 Å². The first-order valence-electron chi connectivity index (χ1n) is 4.70. The van der Waals surface area contributed by atoms with Gasteiger partial charge in [0.2, 0.25) is 0 Å². The number of rotatable bonds is 3. The van der Waals surface area contributed by atoms with Gasteiger partial charge in [-0.25, -0.2) is 8.42 Å². The number of anilines is 2. The average Bonchev–Trinajstić information content (AvgIpc) is 2.71. The first-order chi connectivity index (χ1) is 8.38. The van der Waals surface area contributed by atoms with Gasteiger partial charge in [0.25, 0.3) is 10.0 Å². The maximum Gasteiger partial charge on any atom is 0.271 e. The zero-order valence-corrected chi connectivity index (χ0v) is 12.8. The van der Waals surface area contributed by atoms with Crippen molar-refractivity contribution in [3.05, 3.63) is 39.1 Å². The summed E-state index contributed by atoms with van der Waals surface area (Å²) in [6.45, 7) is 0. The van der Waals surface area contributed by atoms with Crippen LogP contribution in [-0.2, 0) is 10.0 Å². The van der Waals surface area contributed by atoms with E-state index in [1.807, 2.05) is 0 Å². The van der Waals surface area contributed by atoms with E-state index in [0.717, 1.165) is 15.8 Å². The summed E-state index contributed by atoms with van der Waals surface area (Å²) in [5, 5.41) is 1.89. The fraction of sp³-hybridized carbons (Fsp3) is 0. The largest absolute Gasteiger partial charge is 0.398 e. The molecule has 0 fully saturated rings. The Bertz CT molecular complexity index is 685. The summed E-state index contributed by atoms with van der Waals surface area (Å²) in [7, 11) is -3.65. The summed E-state index contributed by atoms with van der Waals surface area (Å²) in [6.07, 6.45) is 0. The molecule has 0 bridgehead atoms. The van der Waals surface area contributed by atoms with Crippen molar-refractivity contribution in [2.75, 3.05) is 10.5 Å². The van der Waals surface area contributed by atoms with Gasteiger partial charge in [0.1, 0.15) is 4.21 Å². The van der Waals surface area contributed by atoms with Crippen LogP contribution in [0.5, 0.6) is 0 Å². The number of sulfonamides is 1. The topological polar surface area (TPSA) is 72.2 Å². The standard InChI is InChI=1S/C10H8BrClN2O2S2/c11-6-1-2-8(12)9(3-6)14-18(15,16)10-4-7(13)5-17-10/h1-5,14H,13H2. The molecule has 1 heterocycles. The molecule has 18 heavy (non-hydrogen) atoms. The van der Waals surface area contributed by atoms with E-state index in [-0.39, 0.29) is 4.21 Å². The lowest BCUT2D eigenvalue weighted by Gasteiger charge is -2.08. The smallest absolute Gasteiger partial charge is 0.271 e. The highest BCUT2D eigenvalue weighted by atomic mass is 79.9. The molecule has 0 unspecified atom stereocenters. The van der Waals surface area contributed by atoms with Gasteiger partial charge in [-0.1, -0.05) is 27.5 Å². The third kappa shape index (κ3) is 2.97. The molecular formula is C10H8BrClN2O2S2. The Kier molecular flexibility index (Phi) is 3.86. The third-order valence-electron chi connectivity index (χ3n) is 2.03. The first-order valence-corrected chi connectivity index (χ1v) is 8.24. The Labute approximate surface area is 122 Å². The second-order valence-corrected chi connectivity index (χ2v) is 7.57. The molecule has 2 rings (SSSR count). The van der Waals surface area contributed by atoms with Gasteiger partial charge in [-0.3, -0.25) is 4.72 Å². The Morgan fingerprint density at radius 3 is 2.67 bits per heavy atom. The van der Waals surface area contributed by atoms with Crippen LogP contribution in [0.25, 0.3) is 0 Å². The van der Waals surface area contributed by atoms with Gasteiger partial charge in [-0.15, -0.1) is 11.3 Å². The van der Waals surface area contributed by atoms with E-state index in [9.17, 15) is 8.42 Å². The lowest BCUT2D eigenvalue weighted by atomic mass is 10.3. The Morgan fingerprint density at radius 2 is 2.06 bits per heavy atom. The van der Waals surface area contributed by atoms with Crippen molar-refractivity contribution in [2.24, 2.45) is 0 Å². The van der Waals surface area contributed by atoms with Crippen LogP contribution in [0.3, 0.4) is 0 Å². The maximum absolute atomic E-state index is 12.0. The van der Waals surface area contributed by atoms with Gasteiger partial charge in [-0.05, 0) is 24.3 Å². The number of benzene rings is 1. The minimum absolute atomic E-state index is 0.149. The van der Waals surface area contributed by atoms with E-state index in [4.69, 9.17) is 17.3 Å². The molecule has 0 aliphatic carbocycles. The predicted octanol–water partition coefficient (Wildman–Crippen LogP) is 3.55. The minimum Gasteiger partial charge on any atom is -0.398 e. The third-order valence-corrected chi connectivity index (χ3v) is 5.68. The van der Waals surface area contributed by atoms with E-state index >= 15 is 0 Å². The molecule has 0 aliphatic heterocycles. The molecular weight excluding hydrogens is 360 g/mol. The molecule has 4 nitrogen and oxygen atoms in total. The number of nitrogen functional groups attached to an aromatic ring is 1. The zero-order chi connectivity index (χ0) is 13.3. The van der Waals surface area contributed by atoms with Crippen LogP contribution < -0.4 is 10.5 Å². The molecule has 0 radical (unpaired) electrons. The van der Waals surface area contributed by atoms with Gasteiger partial charge in [0, 0.05) is 15.5 Å². The molecule has 0 amide bonds. The molecule has 0 saturated heterocycles. The number of thiophene rings is 1. The van der Waals surface area contributed by atoms with Crippen molar-refractivity contribution in [1.82, 2.24) is 0 Å². The molecule has 0 atom stereocenters. The van der Waals surface area contributed by atoms with Gasteiger partial charge < -0.3 is 5.73 Å². The van der Waals surface area contributed by atoms with Crippen LogP contribution in [0.4, 0.5) is 11.4 Å². The lowest BCUT2D eigenvalue weighted by molar-refractivity contribution is 0.603. The summed E-state index contributed by atoms with van der Waals surface area (Å²) >= 11 is 10.2. The Morgan fingerprint density at radius 1 is 1.33 bits per heavy atom. The monoisotopic (exact) mass is 366 g/mol. The van der Waals surface area contributed by atoms with E-state index in [0.29, 0.717) is 16.4 Å². The van der Waals surface area contributed by atoms with Crippen LogP contribution in [0.15, 0.2) is 38.3 Å². The number of nitrogens with two attached hydrogens (primary N) is 1. The first kappa shape index (κ1) is 13.7. The van der Waals surface area contributed by atoms with E-state index in [1.165, 1.54) is 6.07 Å². The average molecular weight is 368 g/mol. The quantitative estimate of drug-likeness (QED) is 0.871. The fourth-order valence-corrected chi connectivity index (χ4v) is 3.97. The maximum atomic E-state index is 12.0. The molecule has 1 aromatic heterocycles. The summed E-state index contributed by atoms with van der Waals surface area (Å²) in [6, 6.07) is 6.32. The second kappa shape index (κ2) is 5.08. The highest BCUT2D eigenvalue weighted by molar-refractivity contribution is 9.10. The summed E-state index contributed by atoms with van der Waals surface area (Å²) in [5.41, 5.74) is 6.24. The highest BCUT2D eigenvalue weighted by Crippen LogP contribution is 2.29. The Hall–Kier alpha value is -0.760. The summed E-state index contributed by atoms with van der Waals surface area (Å²) in [4.78, 5) is 0. The molecule has 0 spiro atoms. The second-order valence-electron chi connectivity index (χ2n) is 3.43. The molecule has 2 aromatic rings. The number of halogens is 2. The normalized spacial score (nSPS) is 11.4. The molecule has 8 heteroatoms. The van der Waals surface area contributed by atoms with Crippen LogP contribution in [-0.4, -0.2) is 8.42 Å². The number of nitrogens with one attached hydrogen (secondary N) is 1. The minimum atomic E-state index is -3.65. The SMILES string of the molecule is Nc1csc(S(=O)(=O)Nc2cc(Br)ccc2Cl)c1. The van der Waals surface area contributed by atoms with Gasteiger partial charge in [0.05, 0.1) is 10.7 Å². The van der Waals surface area contributed by atoms with E-state index in [1.54, 1.807) is 23.6 Å². The summed E-state index contributed by atoms with van der Waals surface area (Å²) in [5.74, 6) is 0. The van der Waals surface area contributed by atoms with E-state index < -0.39 is 10.0 Å². The zero-order valence-electron chi connectivity index (χ0n) is 8.85. The summed E-state index contributed by atoms with van der Waals surface area (Å²) < 4.78 is 27.4. The van der Waals surface area contributed by atoms with Crippen LogP contribution in [0.2, 0.25) is 5.02 Å². The molecule has 1 aromatic carbocycles. The van der Waals surface area contributed by atoms with Gasteiger partial charge in [0.15, 0.2) is 0 Å². The molecule has 3 N–H and O–H groups in total. The highest BCUT2D eigenvalue weighted by Gasteiger charge is 2.17. The predicted molar refractivity (Wildman–Crippen MR) is 78.7 cm³/mol. The number of hydrogen-bond acceptors (Lipinski definition) is 4. The van der Waals surface area contributed by atoms with Crippen molar-refractivity contribution in [3.8, 4) is 0 Å². The van der Waals surface area contributed by atoms with Crippen molar-refractivity contribution >= 4 is 60.3 Å². The van der Waals surface area contributed by atoms with Crippen LogP contribution in [0.1, 0.15) is 0 Å². The van der Waals surface area contributed by atoms with Crippen LogP contribution in [0, 0.1) is 0 Å². The van der Waals surface area contributed by atoms with Gasteiger partial charge >= 0.3 is 0 Å². The van der Waals surface area contributed by atoms with Crippen molar-refractivity contribution in [1.29, 1.82) is 0 Å². The fourth-order valence-electron chi connectivity index (χ4n) is 1.24. The van der Waals surface area contributed by atoms with Crippen molar-refractivity contribution in [3.63, 3.8) is 0 Å². The molecule has 0 aliphatic rings. The van der Waals surface area contributed by atoms with Crippen molar-refractivity contribution in [2.45, 2.75) is 4.21 Å². The Balaban J connectivity index is 2.36. The van der Waals surface area contributed by atoms with Gasteiger partial charge in [-0.2, -0.15) is 0 Å². The van der Waals surface area contributed by atoms with Crippen LogP contribution >= 0.6 is 38.9 Å².